The zero-order valence-electron chi connectivity index (χ0n) is 8.43. The molecule has 4 heteroatoms. The lowest BCUT2D eigenvalue weighted by Crippen LogP contribution is -2.11. The molecule has 0 N–H and O–H groups in total. The number of ether oxygens (including phenoxy) is 1. The van der Waals surface area contributed by atoms with E-state index in [-0.39, 0.29) is 0 Å². The molecule has 0 fully saturated rings. The predicted octanol–water partition coefficient (Wildman–Crippen LogP) is 1.56. The van der Waals surface area contributed by atoms with Crippen LogP contribution in [0.25, 0.3) is 0 Å². The van der Waals surface area contributed by atoms with E-state index in [1.54, 1.807) is 30.3 Å². The molecule has 0 atom stereocenters. The summed E-state index contributed by atoms with van der Waals surface area (Å²) in [6, 6.07) is 8.50. The van der Waals surface area contributed by atoms with Crippen LogP contribution in [0.15, 0.2) is 18.2 Å². The lowest BCUT2D eigenvalue weighted by molar-refractivity contribution is 0.0970. The minimum Gasteiger partial charge on any atom is -0.372 e. The quantitative estimate of drug-likeness (QED) is 0.697. The van der Waals surface area contributed by atoms with Crippen molar-refractivity contribution in [1.29, 1.82) is 10.5 Å². The Morgan fingerprint density at radius 1 is 1.25 bits per heavy atom. The first-order valence-corrected chi connectivity index (χ1v) is 4.79. The van der Waals surface area contributed by atoms with Gasteiger partial charge in [0.15, 0.2) is 11.7 Å². The predicted molar refractivity (Wildman–Crippen MR) is 54.0 cm³/mol. The van der Waals surface area contributed by atoms with Gasteiger partial charge in [-0.1, -0.05) is 12.1 Å². The van der Waals surface area contributed by atoms with Gasteiger partial charge in [-0.2, -0.15) is 10.5 Å². The molecule has 0 amide bonds. The van der Waals surface area contributed by atoms with Crippen LogP contribution in [-0.2, 0) is 18.0 Å². The van der Waals surface area contributed by atoms with Crippen molar-refractivity contribution in [3.8, 4) is 12.1 Å². The average molecular weight is 212 g/mol. The zero-order valence-corrected chi connectivity index (χ0v) is 8.43. The van der Waals surface area contributed by atoms with E-state index in [0.717, 1.165) is 11.1 Å². The fourth-order valence-corrected chi connectivity index (χ4v) is 1.64. The third-order valence-electron chi connectivity index (χ3n) is 2.53. The highest BCUT2D eigenvalue weighted by molar-refractivity contribution is 6.01. The van der Waals surface area contributed by atoms with Gasteiger partial charge < -0.3 is 4.74 Å². The molecule has 0 radical (unpaired) electrons. The highest BCUT2D eigenvalue weighted by Crippen LogP contribution is 2.22. The molecule has 1 aliphatic rings. The molecule has 0 aromatic heterocycles. The molecule has 0 saturated carbocycles. The van der Waals surface area contributed by atoms with E-state index in [0.29, 0.717) is 18.8 Å². The van der Waals surface area contributed by atoms with Gasteiger partial charge in [-0.05, 0) is 17.2 Å². The second kappa shape index (κ2) is 4.14. The Labute approximate surface area is 92.7 Å². The summed E-state index contributed by atoms with van der Waals surface area (Å²) < 4.78 is 5.22. The van der Waals surface area contributed by atoms with Crippen LogP contribution >= 0.6 is 0 Å². The summed E-state index contributed by atoms with van der Waals surface area (Å²) in [6.07, 6.45) is 0. The second-order valence-electron chi connectivity index (χ2n) is 3.53. The van der Waals surface area contributed by atoms with Crippen molar-refractivity contribution in [2.75, 3.05) is 0 Å². The smallest absolute Gasteiger partial charge is 0.195 e. The topological polar surface area (TPSA) is 73.9 Å². The van der Waals surface area contributed by atoms with Crippen molar-refractivity contribution >= 4 is 5.78 Å². The molecular formula is C12H8N2O2. The Morgan fingerprint density at radius 3 is 2.62 bits per heavy atom. The van der Waals surface area contributed by atoms with Gasteiger partial charge in [-0.15, -0.1) is 0 Å². The van der Waals surface area contributed by atoms with Gasteiger partial charge in [-0.25, -0.2) is 0 Å². The van der Waals surface area contributed by atoms with Crippen molar-refractivity contribution < 1.29 is 9.53 Å². The van der Waals surface area contributed by atoms with Crippen LogP contribution < -0.4 is 0 Å². The molecule has 1 aromatic carbocycles. The Morgan fingerprint density at radius 2 is 1.94 bits per heavy atom. The van der Waals surface area contributed by atoms with E-state index in [1.807, 2.05) is 0 Å². The minimum atomic E-state index is -1.22. The Kier molecular flexibility index (Phi) is 2.68. The number of benzene rings is 1. The lowest BCUT2D eigenvalue weighted by Gasteiger charge is -2.02. The van der Waals surface area contributed by atoms with Crippen LogP contribution in [0.5, 0.6) is 0 Å². The number of carbonyl (C=O) groups is 1. The van der Waals surface area contributed by atoms with E-state index < -0.39 is 11.7 Å². The number of hydrogen-bond acceptors (Lipinski definition) is 4. The van der Waals surface area contributed by atoms with E-state index in [4.69, 9.17) is 15.3 Å². The molecule has 0 spiro atoms. The van der Waals surface area contributed by atoms with Gasteiger partial charge in [0.25, 0.3) is 0 Å². The monoisotopic (exact) mass is 212 g/mol. The third kappa shape index (κ3) is 1.67. The number of ketones is 1. The van der Waals surface area contributed by atoms with Gasteiger partial charge in [-0.3, -0.25) is 4.79 Å². The van der Waals surface area contributed by atoms with E-state index in [9.17, 15) is 4.79 Å². The van der Waals surface area contributed by atoms with Crippen LogP contribution in [0.4, 0.5) is 0 Å². The van der Waals surface area contributed by atoms with Crippen molar-refractivity contribution in [3.05, 3.63) is 34.9 Å². The molecule has 0 bridgehead atoms. The molecule has 78 valence electrons. The maximum Gasteiger partial charge on any atom is 0.195 e. The normalized spacial score (nSPS) is 12.9. The summed E-state index contributed by atoms with van der Waals surface area (Å²) in [5, 5.41) is 17.3. The Bertz CT molecular complexity index is 509. The summed E-state index contributed by atoms with van der Waals surface area (Å²) >= 11 is 0. The molecule has 0 aliphatic carbocycles. The molecule has 0 saturated heterocycles. The fourth-order valence-electron chi connectivity index (χ4n) is 1.64. The maximum atomic E-state index is 11.7. The first kappa shape index (κ1) is 10.4. The van der Waals surface area contributed by atoms with Gasteiger partial charge in [0.05, 0.1) is 25.4 Å². The van der Waals surface area contributed by atoms with Crippen molar-refractivity contribution in [2.24, 2.45) is 5.92 Å². The van der Waals surface area contributed by atoms with Crippen molar-refractivity contribution in [2.45, 2.75) is 13.2 Å². The standard InChI is InChI=1S/C12H8N2O2/c13-4-11(5-14)12(15)8-1-2-9-6-16-7-10(9)3-8/h1-3,11H,6-7H2. The Balaban J connectivity index is 2.33. The van der Waals surface area contributed by atoms with Crippen LogP contribution in [0.3, 0.4) is 0 Å². The molecule has 0 unspecified atom stereocenters. The summed E-state index contributed by atoms with van der Waals surface area (Å²) in [4.78, 5) is 11.7. The molecule has 2 rings (SSSR count). The van der Waals surface area contributed by atoms with Gasteiger partial charge in [0.1, 0.15) is 0 Å². The van der Waals surface area contributed by atoms with E-state index in [1.165, 1.54) is 0 Å². The van der Waals surface area contributed by atoms with Crippen LogP contribution in [0, 0.1) is 28.6 Å². The molecule has 1 aromatic rings. The first-order valence-electron chi connectivity index (χ1n) is 4.79. The molecule has 1 aliphatic heterocycles. The van der Waals surface area contributed by atoms with E-state index in [2.05, 4.69) is 0 Å². The molecule has 16 heavy (non-hydrogen) atoms. The van der Waals surface area contributed by atoms with E-state index >= 15 is 0 Å². The molecular weight excluding hydrogens is 204 g/mol. The largest absolute Gasteiger partial charge is 0.372 e. The number of carbonyl (C=O) groups excluding carboxylic acids is 1. The third-order valence-corrected chi connectivity index (χ3v) is 2.53. The zero-order chi connectivity index (χ0) is 11.5. The van der Waals surface area contributed by atoms with Crippen LogP contribution in [-0.4, -0.2) is 5.78 Å². The summed E-state index contributed by atoms with van der Waals surface area (Å²) in [5.74, 6) is -1.67. The summed E-state index contributed by atoms with van der Waals surface area (Å²) in [7, 11) is 0. The summed E-state index contributed by atoms with van der Waals surface area (Å²) in [5.41, 5.74) is 2.42. The number of hydrogen-bond donors (Lipinski definition) is 0. The number of nitrogens with zero attached hydrogens (tertiary/aromatic N) is 2. The van der Waals surface area contributed by atoms with Crippen LogP contribution in [0.1, 0.15) is 21.5 Å². The number of fused-ring (bicyclic) bond motifs is 1. The number of Topliss-reactive ketones (excluding diaryl/α,β-unsaturated/α-hetero) is 1. The van der Waals surface area contributed by atoms with Gasteiger partial charge >= 0.3 is 0 Å². The number of rotatable bonds is 2. The molecule has 4 nitrogen and oxygen atoms in total. The molecule has 1 heterocycles. The minimum absolute atomic E-state index is 0.400. The SMILES string of the molecule is N#CC(C#N)C(=O)c1ccc2c(c1)COC2. The average Bonchev–Trinajstić information content (AvgIpc) is 2.77. The van der Waals surface area contributed by atoms with Crippen molar-refractivity contribution in [3.63, 3.8) is 0 Å². The fraction of sp³-hybridized carbons (Fsp3) is 0.250. The second-order valence-corrected chi connectivity index (χ2v) is 3.53. The Hall–Kier alpha value is -2.17. The maximum absolute atomic E-state index is 11.7. The van der Waals surface area contributed by atoms with Crippen LogP contribution in [0.2, 0.25) is 0 Å². The lowest BCUT2D eigenvalue weighted by atomic mass is 9.97. The van der Waals surface area contributed by atoms with Crippen molar-refractivity contribution in [1.82, 2.24) is 0 Å². The van der Waals surface area contributed by atoms with Gasteiger partial charge in [0, 0.05) is 5.56 Å². The highest BCUT2D eigenvalue weighted by Gasteiger charge is 2.21. The van der Waals surface area contributed by atoms with Gasteiger partial charge in [0.2, 0.25) is 0 Å². The highest BCUT2D eigenvalue weighted by atomic mass is 16.5. The summed E-state index contributed by atoms with van der Waals surface area (Å²) in [6.45, 7) is 1.05. The first-order chi connectivity index (χ1) is 7.76. The number of nitriles is 2.